The van der Waals surface area contributed by atoms with Crippen molar-refractivity contribution in [2.24, 2.45) is 5.41 Å². The molecule has 40 heavy (non-hydrogen) atoms. The highest BCUT2D eigenvalue weighted by Crippen LogP contribution is 2.48. The molecule has 0 bridgehead atoms. The predicted octanol–water partition coefficient (Wildman–Crippen LogP) is 9.87. The Hall–Kier alpha value is -4.69. The third-order valence-electron chi connectivity index (χ3n) is 7.98. The van der Waals surface area contributed by atoms with Gasteiger partial charge in [-0.05, 0) is 58.9 Å². The molecule has 0 fully saturated rings. The second-order valence-electron chi connectivity index (χ2n) is 10.7. The van der Waals surface area contributed by atoms with E-state index in [9.17, 15) is 0 Å². The topological polar surface area (TPSA) is 28.8 Å². The molecule has 2 nitrogen and oxygen atoms in total. The average Bonchev–Trinajstić information content (AvgIpc) is 3.47. The van der Waals surface area contributed by atoms with E-state index >= 15 is 0 Å². The first-order chi connectivity index (χ1) is 19.6. The monoisotopic (exact) mass is 518 g/mol. The van der Waals surface area contributed by atoms with Crippen molar-refractivity contribution in [2.75, 3.05) is 0 Å². The summed E-state index contributed by atoms with van der Waals surface area (Å²) in [5.74, 6) is 0. The summed E-state index contributed by atoms with van der Waals surface area (Å²) < 4.78 is 2.47. The van der Waals surface area contributed by atoms with E-state index in [1.54, 1.807) is 6.08 Å². The maximum Gasteiger partial charge on any atom is 0.0564 e. The first kappa shape index (κ1) is 25.6. The number of hydrogen-bond donors (Lipinski definition) is 1. The first-order valence-corrected chi connectivity index (χ1v) is 14.0. The minimum Gasteiger partial charge on any atom is -0.340 e. The number of benzene rings is 4. The maximum atomic E-state index is 7.29. The van der Waals surface area contributed by atoms with Crippen LogP contribution in [0.4, 0.5) is 0 Å². The summed E-state index contributed by atoms with van der Waals surface area (Å²) in [4.78, 5) is 0. The molecule has 0 radical (unpaired) electrons. The van der Waals surface area contributed by atoms with Crippen LogP contribution in [0.3, 0.4) is 0 Å². The van der Waals surface area contributed by atoms with Gasteiger partial charge in [0, 0.05) is 35.0 Å². The highest BCUT2D eigenvalue weighted by molar-refractivity contribution is 5.91. The highest BCUT2D eigenvalue weighted by atomic mass is 15.0. The number of rotatable bonds is 9. The van der Waals surface area contributed by atoms with Crippen molar-refractivity contribution in [3.8, 4) is 44.8 Å². The summed E-state index contributed by atoms with van der Waals surface area (Å²) in [6, 6.07) is 41.7. The van der Waals surface area contributed by atoms with Crippen molar-refractivity contribution in [3.63, 3.8) is 0 Å². The zero-order valence-electron chi connectivity index (χ0n) is 23.1. The Labute approximate surface area is 237 Å². The molecule has 5 aromatic rings. The molecule has 6 rings (SSSR count). The summed E-state index contributed by atoms with van der Waals surface area (Å²) in [5, 5.41) is 7.29. The van der Waals surface area contributed by atoms with Crippen molar-refractivity contribution in [1.29, 1.82) is 5.41 Å². The van der Waals surface area contributed by atoms with Crippen LogP contribution in [-0.4, -0.2) is 10.8 Å². The third-order valence-corrected chi connectivity index (χ3v) is 7.98. The Bertz CT molecular complexity index is 1720. The number of nitrogens with one attached hydrogen (secondary N) is 1. The fraction of sp³-hybridized carbons (Fsp3) is 0.132. The summed E-state index contributed by atoms with van der Waals surface area (Å²) in [6.45, 7) is 5.39. The molecule has 1 aromatic heterocycles. The van der Waals surface area contributed by atoms with Gasteiger partial charge in [0.05, 0.1) is 5.69 Å². The third kappa shape index (κ3) is 4.89. The van der Waals surface area contributed by atoms with Crippen molar-refractivity contribution in [2.45, 2.75) is 26.8 Å². The normalized spacial score (nSPS) is 16.2. The quantitative estimate of drug-likeness (QED) is 0.188. The fourth-order valence-electron chi connectivity index (χ4n) is 5.93. The van der Waals surface area contributed by atoms with Gasteiger partial charge in [-0.25, -0.2) is 0 Å². The second-order valence-corrected chi connectivity index (χ2v) is 10.7. The Morgan fingerprint density at radius 1 is 0.700 bits per heavy atom. The van der Waals surface area contributed by atoms with E-state index in [-0.39, 0.29) is 5.41 Å². The largest absolute Gasteiger partial charge is 0.340 e. The molecule has 1 N–H and O–H groups in total. The molecular weight excluding hydrogens is 484 g/mol. The van der Waals surface area contributed by atoms with E-state index in [1.807, 2.05) is 0 Å². The molecule has 1 aliphatic rings. The molecule has 4 aromatic carbocycles. The summed E-state index contributed by atoms with van der Waals surface area (Å²) in [7, 11) is 0. The molecule has 0 aliphatic heterocycles. The smallest absolute Gasteiger partial charge is 0.0564 e. The lowest BCUT2D eigenvalue weighted by Gasteiger charge is -2.17. The number of aromatic nitrogens is 1. The van der Waals surface area contributed by atoms with Gasteiger partial charge in [0.25, 0.3) is 0 Å². The first-order valence-electron chi connectivity index (χ1n) is 14.0. The number of hydrogen-bond acceptors (Lipinski definition) is 1. The van der Waals surface area contributed by atoms with Gasteiger partial charge in [-0.1, -0.05) is 128 Å². The van der Waals surface area contributed by atoms with Crippen LogP contribution in [0.5, 0.6) is 0 Å². The molecule has 1 heterocycles. The Balaban J connectivity index is 1.45. The summed E-state index contributed by atoms with van der Waals surface area (Å²) in [6.07, 6.45) is 8.47. The zero-order chi connectivity index (χ0) is 27.5. The summed E-state index contributed by atoms with van der Waals surface area (Å²) >= 11 is 0. The van der Waals surface area contributed by atoms with Gasteiger partial charge in [-0.15, -0.1) is 0 Å². The van der Waals surface area contributed by atoms with Crippen LogP contribution < -0.4 is 0 Å². The van der Waals surface area contributed by atoms with Crippen LogP contribution in [0.25, 0.3) is 44.8 Å². The van der Waals surface area contributed by atoms with Gasteiger partial charge in [-0.3, -0.25) is 0 Å². The summed E-state index contributed by atoms with van der Waals surface area (Å²) in [5.41, 5.74) is 12.6. The van der Waals surface area contributed by atoms with Crippen molar-refractivity contribution in [1.82, 2.24) is 4.57 Å². The molecule has 0 amide bonds. The molecule has 196 valence electrons. The van der Waals surface area contributed by atoms with Gasteiger partial charge < -0.3 is 9.98 Å². The molecule has 0 saturated carbocycles. The fourth-order valence-corrected chi connectivity index (χ4v) is 5.93. The van der Waals surface area contributed by atoms with Crippen LogP contribution in [0.15, 0.2) is 139 Å². The molecule has 1 aliphatic carbocycles. The second kappa shape index (κ2) is 10.8. The molecule has 1 atom stereocenters. The molecule has 2 heteroatoms. The van der Waals surface area contributed by atoms with E-state index < -0.39 is 0 Å². The van der Waals surface area contributed by atoms with Gasteiger partial charge in [0.15, 0.2) is 0 Å². The number of allylic oxidation sites excluding steroid dienone is 4. The van der Waals surface area contributed by atoms with Gasteiger partial charge in [0.1, 0.15) is 0 Å². The highest BCUT2D eigenvalue weighted by Gasteiger charge is 2.37. The SMILES string of the molecule is CCn1c(-c2ccccc2-c2cccc(CC3(C)C=C3/C=C/C=N)c2)cc(-c2ccccc2)c1-c1ccccc1. The zero-order valence-corrected chi connectivity index (χ0v) is 23.1. The van der Waals surface area contributed by atoms with Crippen LogP contribution in [-0.2, 0) is 13.0 Å². The molecule has 0 saturated heterocycles. The lowest BCUT2D eigenvalue weighted by atomic mass is 9.90. The lowest BCUT2D eigenvalue weighted by molar-refractivity contribution is 0.621. The van der Waals surface area contributed by atoms with E-state index in [2.05, 4.69) is 146 Å². The Kier molecular flexibility index (Phi) is 6.92. The van der Waals surface area contributed by atoms with Crippen LogP contribution >= 0.6 is 0 Å². The van der Waals surface area contributed by atoms with E-state index in [0.29, 0.717) is 0 Å². The standard InChI is InChI=1S/C38H34N2/c1-3-40-36(25-35(29-15-6-4-7-16-29)37(40)30-17-8-5-9-18-30)34-22-11-10-21-33(34)31-19-12-14-28(24-31)26-38(2)27-32(38)20-13-23-39/h4-25,27,39H,3,26H2,1-2H3/b20-13+,39-23?. The molecule has 0 spiro atoms. The Morgan fingerprint density at radius 2 is 1.35 bits per heavy atom. The van der Waals surface area contributed by atoms with Crippen LogP contribution in [0, 0.1) is 10.8 Å². The predicted molar refractivity (Wildman–Crippen MR) is 170 cm³/mol. The molecular formula is C38H34N2. The van der Waals surface area contributed by atoms with Gasteiger partial charge in [0.2, 0.25) is 0 Å². The van der Waals surface area contributed by atoms with E-state index in [4.69, 9.17) is 5.41 Å². The lowest BCUT2D eigenvalue weighted by Crippen LogP contribution is -2.04. The minimum absolute atomic E-state index is 0.0731. The van der Waals surface area contributed by atoms with Crippen molar-refractivity contribution in [3.05, 3.63) is 145 Å². The maximum absolute atomic E-state index is 7.29. The van der Waals surface area contributed by atoms with Gasteiger partial charge >= 0.3 is 0 Å². The van der Waals surface area contributed by atoms with Crippen molar-refractivity contribution < 1.29 is 0 Å². The van der Waals surface area contributed by atoms with Crippen LogP contribution in [0.2, 0.25) is 0 Å². The molecule has 1 unspecified atom stereocenters. The van der Waals surface area contributed by atoms with E-state index in [0.717, 1.165) is 13.0 Å². The van der Waals surface area contributed by atoms with Gasteiger partial charge in [-0.2, -0.15) is 0 Å². The minimum atomic E-state index is 0.0731. The Morgan fingerprint density at radius 3 is 2.05 bits per heavy atom. The number of nitrogens with zero attached hydrogens (tertiary/aromatic N) is 1. The van der Waals surface area contributed by atoms with Crippen LogP contribution in [0.1, 0.15) is 19.4 Å². The van der Waals surface area contributed by atoms with E-state index in [1.165, 1.54) is 62.1 Å². The average molecular weight is 519 g/mol. The van der Waals surface area contributed by atoms with Crippen molar-refractivity contribution >= 4 is 6.21 Å².